The molecule has 26 heavy (non-hydrogen) atoms. The summed E-state index contributed by atoms with van der Waals surface area (Å²) in [4.78, 5) is 16.5. The van der Waals surface area contributed by atoms with Gasteiger partial charge in [-0.15, -0.1) is 0 Å². The predicted molar refractivity (Wildman–Crippen MR) is 104 cm³/mol. The lowest BCUT2D eigenvalue weighted by Gasteiger charge is -2.39. The van der Waals surface area contributed by atoms with Gasteiger partial charge in [-0.05, 0) is 31.2 Å². The van der Waals surface area contributed by atoms with Crippen LogP contribution in [0.4, 0.5) is 10.5 Å². The molecule has 1 amide bonds. The average Bonchev–Trinajstić information content (AvgIpc) is 2.69. The lowest BCUT2D eigenvalue weighted by molar-refractivity contribution is 0.0554. The van der Waals surface area contributed by atoms with Crippen LogP contribution in [0, 0.1) is 0 Å². The number of anilines is 1. The minimum atomic E-state index is -0.219. The second-order valence-electron chi connectivity index (χ2n) is 6.70. The summed E-state index contributed by atoms with van der Waals surface area (Å²) in [5.41, 5.74) is 2.14. The monoisotopic (exact) mass is 353 g/mol. The van der Waals surface area contributed by atoms with E-state index >= 15 is 0 Å². The normalized spacial score (nSPS) is 17.7. The first kappa shape index (κ1) is 18.3. The van der Waals surface area contributed by atoms with E-state index in [1.54, 1.807) is 0 Å². The summed E-state index contributed by atoms with van der Waals surface area (Å²) in [6, 6.07) is 20.3. The fourth-order valence-corrected chi connectivity index (χ4v) is 3.17. The molecule has 5 nitrogen and oxygen atoms in total. The van der Waals surface area contributed by atoms with Gasteiger partial charge in [0, 0.05) is 37.9 Å². The number of hydrogen-bond donors (Lipinski definition) is 1. The van der Waals surface area contributed by atoms with Gasteiger partial charge in [0.05, 0.1) is 0 Å². The van der Waals surface area contributed by atoms with E-state index < -0.39 is 0 Å². The van der Waals surface area contributed by atoms with Gasteiger partial charge < -0.3 is 15.0 Å². The number of piperazine rings is 1. The molecule has 1 fully saturated rings. The van der Waals surface area contributed by atoms with Crippen LogP contribution in [0.1, 0.15) is 12.0 Å². The minimum Gasteiger partial charge on any atom is -0.445 e. The van der Waals surface area contributed by atoms with Crippen molar-refractivity contribution in [1.29, 1.82) is 0 Å². The van der Waals surface area contributed by atoms with Gasteiger partial charge in [-0.3, -0.25) is 4.90 Å². The van der Waals surface area contributed by atoms with Gasteiger partial charge in [-0.1, -0.05) is 48.5 Å². The third kappa shape index (κ3) is 5.23. The number of para-hydroxylation sites is 1. The summed E-state index contributed by atoms with van der Waals surface area (Å²) in [5.74, 6) is 0. The molecule has 0 saturated carbocycles. The van der Waals surface area contributed by atoms with Crippen molar-refractivity contribution in [3.63, 3.8) is 0 Å². The quantitative estimate of drug-likeness (QED) is 0.864. The van der Waals surface area contributed by atoms with Crippen molar-refractivity contribution < 1.29 is 9.53 Å². The number of benzene rings is 2. The van der Waals surface area contributed by atoms with Crippen molar-refractivity contribution in [3.8, 4) is 0 Å². The molecule has 0 aromatic heterocycles. The smallest absolute Gasteiger partial charge is 0.410 e. The Morgan fingerprint density at radius 2 is 1.77 bits per heavy atom. The van der Waals surface area contributed by atoms with Gasteiger partial charge in [-0.2, -0.15) is 0 Å². The highest BCUT2D eigenvalue weighted by Gasteiger charge is 2.27. The van der Waals surface area contributed by atoms with E-state index in [2.05, 4.69) is 29.4 Å². The van der Waals surface area contributed by atoms with Crippen LogP contribution in [0.2, 0.25) is 0 Å². The summed E-state index contributed by atoms with van der Waals surface area (Å²) < 4.78 is 5.48. The Kier molecular flexibility index (Phi) is 6.50. The van der Waals surface area contributed by atoms with Crippen molar-refractivity contribution >= 4 is 11.8 Å². The number of carbonyl (C=O) groups excluding carboxylic acids is 1. The van der Waals surface area contributed by atoms with E-state index in [9.17, 15) is 4.79 Å². The summed E-state index contributed by atoms with van der Waals surface area (Å²) in [5, 5.41) is 3.44. The lowest BCUT2D eigenvalue weighted by Crippen LogP contribution is -2.53. The van der Waals surface area contributed by atoms with E-state index in [1.807, 2.05) is 53.4 Å². The second kappa shape index (κ2) is 9.25. The Balaban J connectivity index is 1.45. The van der Waals surface area contributed by atoms with Crippen molar-refractivity contribution in [1.82, 2.24) is 9.80 Å². The highest BCUT2D eigenvalue weighted by molar-refractivity contribution is 5.67. The van der Waals surface area contributed by atoms with Crippen molar-refractivity contribution in [2.24, 2.45) is 0 Å². The van der Waals surface area contributed by atoms with E-state index in [0.29, 0.717) is 25.7 Å². The molecule has 0 bridgehead atoms. The highest BCUT2D eigenvalue weighted by atomic mass is 16.6. The van der Waals surface area contributed by atoms with Crippen LogP contribution in [-0.2, 0) is 11.3 Å². The maximum absolute atomic E-state index is 12.4. The Bertz CT molecular complexity index is 678. The van der Waals surface area contributed by atoms with Gasteiger partial charge in [0.2, 0.25) is 0 Å². The Labute approximate surface area is 155 Å². The first-order valence-corrected chi connectivity index (χ1v) is 9.17. The summed E-state index contributed by atoms with van der Waals surface area (Å²) in [6.07, 6.45) is 0.761. The molecule has 138 valence electrons. The second-order valence-corrected chi connectivity index (χ2v) is 6.70. The van der Waals surface area contributed by atoms with Gasteiger partial charge >= 0.3 is 6.09 Å². The molecule has 5 heteroatoms. The van der Waals surface area contributed by atoms with Crippen LogP contribution in [-0.4, -0.2) is 55.2 Å². The zero-order valence-corrected chi connectivity index (χ0v) is 15.3. The molecule has 3 rings (SSSR count). The molecule has 1 atom stereocenters. The zero-order chi connectivity index (χ0) is 18.2. The number of likely N-dealkylation sites (N-methyl/N-ethyl adjacent to an activating group) is 1. The molecule has 0 radical (unpaired) electrons. The summed E-state index contributed by atoms with van der Waals surface area (Å²) in [7, 11) is 2.12. The molecule has 0 spiro atoms. The Morgan fingerprint density at radius 1 is 1.08 bits per heavy atom. The van der Waals surface area contributed by atoms with Crippen molar-refractivity contribution in [3.05, 3.63) is 66.2 Å². The molecular formula is C21H27N3O2. The van der Waals surface area contributed by atoms with Crippen LogP contribution in [0.15, 0.2) is 60.7 Å². The summed E-state index contributed by atoms with van der Waals surface area (Å²) in [6.45, 7) is 3.50. The lowest BCUT2D eigenvalue weighted by atomic mass is 10.1. The minimum absolute atomic E-state index is 0.219. The first-order chi connectivity index (χ1) is 12.7. The maximum Gasteiger partial charge on any atom is 0.410 e. The highest BCUT2D eigenvalue weighted by Crippen LogP contribution is 2.14. The molecule has 0 unspecified atom stereocenters. The van der Waals surface area contributed by atoms with Crippen molar-refractivity contribution in [2.75, 3.05) is 38.5 Å². The van der Waals surface area contributed by atoms with Crippen LogP contribution in [0.5, 0.6) is 0 Å². The molecular weight excluding hydrogens is 326 g/mol. The SMILES string of the molecule is CN1CCN(C(=O)OCc2ccccc2)C[C@H]1CCNc1ccccc1. The van der Waals surface area contributed by atoms with E-state index in [-0.39, 0.29) is 6.09 Å². The molecule has 1 aliphatic heterocycles. The number of amides is 1. The fourth-order valence-electron chi connectivity index (χ4n) is 3.17. The molecule has 2 aromatic carbocycles. The molecule has 1 aliphatic rings. The standard InChI is InChI=1S/C21H27N3O2/c1-23-14-15-24(21(25)26-17-18-8-4-2-5-9-18)16-20(23)12-13-22-19-10-6-3-7-11-19/h2-11,20,22H,12-17H2,1H3/t20-/m1/s1. The third-order valence-electron chi connectivity index (χ3n) is 4.82. The summed E-state index contributed by atoms with van der Waals surface area (Å²) >= 11 is 0. The Morgan fingerprint density at radius 3 is 2.50 bits per heavy atom. The number of ether oxygens (including phenoxy) is 1. The molecule has 0 aliphatic carbocycles. The third-order valence-corrected chi connectivity index (χ3v) is 4.82. The maximum atomic E-state index is 12.4. The first-order valence-electron chi connectivity index (χ1n) is 9.17. The molecule has 1 heterocycles. The predicted octanol–water partition coefficient (Wildman–Crippen LogP) is 3.44. The molecule has 2 aromatic rings. The van der Waals surface area contributed by atoms with Gasteiger partial charge in [0.25, 0.3) is 0 Å². The van der Waals surface area contributed by atoms with Crippen LogP contribution in [0.25, 0.3) is 0 Å². The number of hydrogen-bond acceptors (Lipinski definition) is 4. The number of nitrogens with one attached hydrogen (secondary N) is 1. The number of nitrogens with zero attached hydrogens (tertiary/aromatic N) is 2. The van der Waals surface area contributed by atoms with E-state index in [4.69, 9.17) is 4.74 Å². The fraction of sp³-hybridized carbons (Fsp3) is 0.381. The van der Waals surface area contributed by atoms with Crippen molar-refractivity contribution in [2.45, 2.75) is 19.1 Å². The number of rotatable bonds is 6. The molecule has 1 saturated heterocycles. The molecule has 1 N–H and O–H groups in total. The van der Waals surface area contributed by atoms with Crippen LogP contribution < -0.4 is 5.32 Å². The van der Waals surface area contributed by atoms with Crippen LogP contribution >= 0.6 is 0 Å². The average molecular weight is 353 g/mol. The topological polar surface area (TPSA) is 44.8 Å². The van der Waals surface area contributed by atoms with E-state index in [1.165, 1.54) is 0 Å². The van der Waals surface area contributed by atoms with E-state index in [0.717, 1.165) is 30.8 Å². The van der Waals surface area contributed by atoms with Gasteiger partial charge in [0.15, 0.2) is 0 Å². The zero-order valence-electron chi connectivity index (χ0n) is 15.3. The largest absolute Gasteiger partial charge is 0.445 e. The van der Waals surface area contributed by atoms with Gasteiger partial charge in [0.1, 0.15) is 6.61 Å². The number of carbonyl (C=O) groups is 1. The van der Waals surface area contributed by atoms with Crippen LogP contribution in [0.3, 0.4) is 0 Å². The van der Waals surface area contributed by atoms with Gasteiger partial charge in [-0.25, -0.2) is 4.79 Å². The Hall–Kier alpha value is -2.53.